The molecule has 1 aromatic rings. The summed E-state index contributed by atoms with van der Waals surface area (Å²) in [6, 6.07) is 5.34. The lowest BCUT2D eigenvalue weighted by Crippen LogP contribution is -2.32. The van der Waals surface area contributed by atoms with Crippen LogP contribution in [-0.4, -0.2) is 24.1 Å². The number of methoxy groups -OCH3 is 1. The summed E-state index contributed by atoms with van der Waals surface area (Å²) in [5.74, 6) is 0.875. The van der Waals surface area contributed by atoms with Gasteiger partial charge in [-0.25, -0.2) is 9.78 Å². The fourth-order valence-electron chi connectivity index (χ4n) is 1.63. The second kappa shape index (κ2) is 6.23. The average Bonchev–Trinajstić information content (AvgIpc) is 2.26. The Kier molecular flexibility index (Phi) is 4.94. The molecule has 0 bridgehead atoms. The van der Waals surface area contributed by atoms with E-state index < -0.39 is 0 Å². The lowest BCUT2D eigenvalue weighted by atomic mass is 10.0. The molecule has 1 rings (SSSR count). The standard InChI is InChI=1S/C13H20N2O2/c1-9(2)8-11(13(16)17-4)15-12-7-5-6-10(3)14-12/h5-7,9,11H,8H2,1-4H3,(H,14,15). The smallest absolute Gasteiger partial charge is 0.328 e. The van der Waals surface area contributed by atoms with Crippen LogP contribution >= 0.6 is 0 Å². The minimum Gasteiger partial charge on any atom is -0.467 e. The normalized spacial score (nSPS) is 12.3. The van der Waals surface area contributed by atoms with Crippen molar-refractivity contribution in [1.82, 2.24) is 4.98 Å². The molecule has 4 nitrogen and oxygen atoms in total. The molecule has 94 valence electrons. The predicted octanol–water partition coefficient (Wildman–Crippen LogP) is 2.39. The monoisotopic (exact) mass is 236 g/mol. The maximum atomic E-state index is 11.6. The van der Waals surface area contributed by atoms with E-state index in [2.05, 4.69) is 24.1 Å². The van der Waals surface area contributed by atoms with E-state index in [4.69, 9.17) is 4.74 Å². The largest absolute Gasteiger partial charge is 0.467 e. The number of hydrogen-bond acceptors (Lipinski definition) is 4. The van der Waals surface area contributed by atoms with Gasteiger partial charge in [0.25, 0.3) is 0 Å². The van der Waals surface area contributed by atoms with Crippen molar-refractivity contribution in [2.75, 3.05) is 12.4 Å². The van der Waals surface area contributed by atoms with Crippen LogP contribution in [0.15, 0.2) is 18.2 Å². The van der Waals surface area contributed by atoms with Gasteiger partial charge in [0.1, 0.15) is 11.9 Å². The van der Waals surface area contributed by atoms with Crippen LogP contribution in [0.2, 0.25) is 0 Å². The number of aryl methyl sites for hydroxylation is 1. The molecule has 0 fully saturated rings. The fourth-order valence-corrected chi connectivity index (χ4v) is 1.63. The van der Waals surface area contributed by atoms with Crippen LogP contribution in [0, 0.1) is 12.8 Å². The zero-order valence-electron chi connectivity index (χ0n) is 10.9. The van der Waals surface area contributed by atoms with E-state index in [1.54, 1.807) is 0 Å². The molecule has 17 heavy (non-hydrogen) atoms. The Morgan fingerprint density at radius 1 is 1.47 bits per heavy atom. The predicted molar refractivity (Wildman–Crippen MR) is 67.9 cm³/mol. The Balaban J connectivity index is 2.75. The van der Waals surface area contributed by atoms with E-state index >= 15 is 0 Å². The Morgan fingerprint density at radius 2 is 2.18 bits per heavy atom. The number of rotatable bonds is 5. The summed E-state index contributed by atoms with van der Waals surface area (Å²) in [6.45, 7) is 6.06. The van der Waals surface area contributed by atoms with Gasteiger partial charge in [-0.05, 0) is 31.4 Å². The summed E-state index contributed by atoms with van der Waals surface area (Å²) in [5.41, 5.74) is 0.920. The van der Waals surface area contributed by atoms with Gasteiger partial charge in [-0.1, -0.05) is 19.9 Å². The second-order valence-corrected chi connectivity index (χ2v) is 4.51. The summed E-state index contributed by atoms with van der Waals surface area (Å²) in [5, 5.41) is 3.12. The van der Waals surface area contributed by atoms with E-state index in [1.165, 1.54) is 7.11 Å². The van der Waals surface area contributed by atoms with Crippen molar-refractivity contribution in [1.29, 1.82) is 0 Å². The first kappa shape index (κ1) is 13.5. The van der Waals surface area contributed by atoms with Crippen LogP contribution in [0.4, 0.5) is 5.82 Å². The number of pyridine rings is 1. The molecule has 1 atom stereocenters. The van der Waals surface area contributed by atoms with E-state index in [0.29, 0.717) is 11.7 Å². The van der Waals surface area contributed by atoms with Crippen LogP contribution < -0.4 is 5.32 Å². The second-order valence-electron chi connectivity index (χ2n) is 4.51. The number of hydrogen-bond donors (Lipinski definition) is 1. The molecule has 1 heterocycles. The molecule has 0 saturated heterocycles. The minimum absolute atomic E-state index is 0.248. The molecule has 0 aromatic carbocycles. The van der Waals surface area contributed by atoms with Crippen molar-refractivity contribution in [2.24, 2.45) is 5.92 Å². The summed E-state index contributed by atoms with van der Waals surface area (Å²) < 4.78 is 4.79. The topological polar surface area (TPSA) is 51.2 Å². The molecule has 0 amide bonds. The Hall–Kier alpha value is -1.58. The molecule has 4 heteroatoms. The van der Waals surface area contributed by atoms with Crippen molar-refractivity contribution in [3.05, 3.63) is 23.9 Å². The number of nitrogens with one attached hydrogen (secondary N) is 1. The highest BCUT2D eigenvalue weighted by atomic mass is 16.5. The number of carbonyl (C=O) groups is 1. The van der Waals surface area contributed by atoms with Gasteiger partial charge in [-0.15, -0.1) is 0 Å². The third-order valence-electron chi connectivity index (χ3n) is 2.40. The first-order valence-electron chi connectivity index (χ1n) is 5.81. The molecule has 0 radical (unpaired) electrons. The number of aromatic nitrogens is 1. The molecule has 0 aliphatic rings. The van der Waals surface area contributed by atoms with Crippen LogP contribution in [0.5, 0.6) is 0 Å². The zero-order chi connectivity index (χ0) is 12.8. The highest BCUT2D eigenvalue weighted by Gasteiger charge is 2.20. The molecule has 0 aliphatic heterocycles. The van der Waals surface area contributed by atoms with E-state index in [9.17, 15) is 4.79 Å². The Labute approximate surface area is 102 Å². The van der Waals surface area contributed by atoms with Gasteiger partial charge in [-0.2, -0.15) is 0 Å². The number of ether oxygens (including phenoxy) is 1. The molecule has 0 aliphatic carbocycles. The van der Waals surface area contributed by atoms with Gasteiger partial charge in [0, 0.05) is 5.69 Å². The zero-order valence-corrected chi connectivity index (χ0v) is 10.9. The number of nitrogens with zero attached hydrogens (tertiary/aromatic N) is 1. The quantitative estimate of drug-likeness (QED) is 0.797. The van der Waals surface area contributed by atoms with Crippen LogP contribution in [-0.2, 0) is 9.53 Å². The maximum Gasteiger partial charge on any atom is 0.328 e. The lowest BCUT2D eigenvalue weighted by Gasteiger charge is -2.18. The van der Waals surface area contributed by atoms with Crippen LogP contribution in [0.3, 0.4) is 0 Å². The number of anilines is 1. The highest BCUT2D eigenvalue weighted by Crippen LogP contribution is 2.12. The van der Waals surface area contributed by atoms with Gasteiger partial charge in [0.05, 0.1) is 7.11 Å². The van der Waals surface area contributed by atoms with E-state index in [1.807, 2.05) is 25.1 Å². The van der Waals surface area contributed by atoms with Crippen molar-refractivity contribution < 1.29 is 9.53 Å². The summed E-state index contributed by atoms with van der Waals surface area (Å²) in [7, 11) is 1.40. The first-order chi connectivity index (χ1) is 8.02. The summed E-state index contributed by atoms with van der Waals surface area (Å²) >= 11 is 0. The van der Waals surface area contributed by atoms with E-state index in [-0.39, 0.29) is 12.0 Å². The van der Waals surface area contributed by atoms with Gasteiger partial charge in [0.15, 0.2) is 0 Å². The minimum atomic E-state index is -0.339. The lowest BCUT2D eigenvalue weighted by molar-refractivity contribution is -0.141. The summed E-state index contributed by atoms with van der Waals surface area (Å²) in [4.78, 5) is 15.9. The van der Waals surface area contributed by atoms with Gasteiger partial charge in [-0.3, -0.25) is 0 Å². The van der Waals surface area contributed by atoms with Crippen molar-refractivity contribution in [2.45, 2.75) is 33.2 Å². The van der Waals surface area contributed by atoms with Gasteiger partial charge in [0.2, 0.25) is 0 Å². The molecular formula is C13H20N2O2. The molecule has 0 saturated carbocycles. The van der Waals surface area contributed by atoms with Crippen LogP contribution in [0.25, 0.3) is 0 Å². The molecule has 1 unspecified atom stereocenters. The maximum absolute atomic E-state index is 11.6. The first-order valence-corrected chi connectivity index (χ1v) is 5.81. The van der Waals surface area contributed by atoms with E-state index in [0.717, 1.165) is 12.1 Å². The number of carbonyl (C=O) groups excluding carboxylic acids is 1. The third-order valence-corrected chi connectivity index (χ3v) is 2.40. The van der Waals surface area contributed by atoms with Crippen molar-refractivity contribution in [3.63, 3.8) is 0 Å². The Bertz CT molecular complexity index is 377. The molecular weight excluding hydrogens is 216 g/mol. The molecule has 1 aromatic heterocycles. The fraction of sp³-hybridized carbons (Fsp3) is 0.538. The van der Waals surface area contributed by atoms with Crippen LogP contribution in [0.1, 0.15) is 26.0 Å². The molecule has 1 N–H and O–H groups in total. The average molecular weight is 236 g/mol. The molecule has 0 spiro atoms. The van der Waals surface area contributed by atoms with Crippen molar-refractivity contribution >= 4 is 11.8 Å². The summed E-state index contributed by atoms with van der Waals surface area (Å²) in [6.07, 6.45) is 0.724. The third kappa shape index (κ3) is 4.43. The number of esters is 1. The Morgan fingerprint density at radius 3 is 2.71 bits per heavy atom. The highest BCUT2D eigenvalue weighted by molar-refractivity contribution is 5.78. The van der Waals surface area contributed by atoms with Crippen molar-refractivity contribution in [3.8, 4) is 0 Å². The van der Waals surface area contributed by atoms with Gasteiger partial charge < -0.3 is 10.1 Å². The SMILES string of the molecule is COC(=O)C(CC(C)C)Nc1cccc(C)n1. The van der Waals surface area contributed by atoms with Gasteiger partial charge >= 0.3 is 5.97 Å².